The molecule has 4 aromatic rings. The summed E-state index contributed by atoms with van der Waals surface area (Å²) in [6.07, 6.45) is 0.471. The summed E-state index contributed by atoms with van der Waals surface area (Å²) in [4.78, 5) is 20.3. The van der Waals surface area contributed by atoms with Crippen molar-refractivity contribution in [1.82, 2.24) is 20.6 Å². The summed E-state index contributed by atoms with van der Waals surface area (Å²) in [6, 6.07) is 14.2. The van der Waals surface area contributed by atoms with Crippen LogP contribution in [0.2, 0.25) is 0 Å². The van der Waals surface area contributed by atoms with Crippen LogP contribution < -0.4 is 10.6 Å². The molecule has 0 radical (unpaired) electrons. The Kier molecular flexibility index (Phi) is 7.62. The molecule has 3 aromatic heterocycles. The van der Waals surface area contributed by atoms with Crippen LogP contribution in [0.15, 0.2) is 71.6 Å². The first-order valence-electron chi connectivity index (χ1n) is 10.9. The number of aromatic nitrogens is 2. The minimum atomic E-state index is -4.73. The Morgan fingerprint density at radius 1 is 1.14 bits per heavy atom. The molecule has 0 fully saturated rings. The summed E-state index contributed by atoms with van der Waals surface area (Å²) >= 11 is 0.765. The molecule has 4 rings (SSSR count). The summed E-state index contributed by atoms with van der Waals surface area (Å²) in [5.41, 5.74) is 1.41. The molecule has 0 saturated heterocycles. The number of nitrogens with zero attached hydrogens (tertiary/aromatic N) is 2. The van der Waals surface area contributed by atoms with Gasteiger partial charge in [0.2, 0.25) is 0 Å². The van der Waals surface area contributed by atoms with Gasteiger partial charge < -0.3 is 15.1 Å². The third-order valence-corrected chi connectivity index (χ3v) is 6.38. The second-order valence-corrected chi connectivity index (χ2v) is 8.94. The summed E-state index contributed by atoms with van der Waals surface area (Å²) in [7, 11) is 0. The normalized spacial score (nSPS) is 12.5. The Morgan fingerprint density at radius 2 is 1.97 bits per heavy atom. The molecule has 0 aliphatic carbocycles. The molecule has 0 bridgehead atoms. The van der Waals surface area contributed by atoms with E-state index in [4.69, 9.17) is 4.42 Å². The highest BCUT2D eigenvalue weighted by molar-refractivity contribution is 7.13. The lowest BCUT2D eigenvalue weighted by Gasteiger charge is -2.16. The fourth-order valence-electron chi connectivity index (χ4n) is 3.50. The Labute approximate surface area is 204 Å². The maximum Gasteiger partial charge on any atom is 0.435 e. The van der Waals surface area contributed by atoms with E-state index in [0.29, 0.717) is 13.1 Å². The van der Waals surface area contributed by atoms with Crippen molar-refractivity contribution in [3.8, 4) is 11.1 Å². The van der Waals surface area contributed by atoms with Gasteiger partial charge in [0, 0.05) is 25.4 Å². The zero-order valence-electron chi connectivity index (χ0n) is 18.8. The number of alkyl halides is 3. The van der Waals surface area contributed by atoms with Gasteiger partial charge in [-0.1, -0.05) is 24.3 Å². The van der Waals surface area contributed by atoms with Crippen molar-refractivity contribution in [2.75, 3.05) is 6.54 Å². The van der Waals surface area contributed by atoms with Gasteiger partial charge in [-0.2, -0.15) is 13.2 Å². The molecule has 10 heteroatoms. The number of halogens is 3. The Balaban J connectivity index is 1.45. The van der Waals surface area contributed by atoms with Crippen molar-refractivity contribution in [3.05, 3.63) is 94.1 Å². The zero-order chi connectivity index (χ0) is 24.8. The third-order valence-electron chi connectivity index (χ3n) is 5.27. The van der Waals surface area contributed by atoms with Crippen molar-refractivity contribution < 1.29 is 22.4 Å². The quantitative estimate of drug-likeness (QED) is 0.291. The Bertz CT molecular complexity index is 1260. The molecule has 0 aliphatic rings. The van der Waals surface area contributed by atoms with Crippen LogP contribution in [0.25, 0.3) is 11.1 Å². The number of rotatable bonds is 9. The summed E-state index contributed by atoms with van der Waals surface area (Å²) in [6.45, 7) is 2.57. The number of carbonyl (C=O) groups excluding carboxylic acids is 1. The number of benzene rings is 1. The number of amides is 1. The standard InChI is InChI=1S/C25H23F3N4O2S/c1-16(17-5-2-6-18(13-17)19-7-3-10-29-14-19)31-24(33)22-23(25(26,27)28)32-21(35-22)9-11-30-15-20-8-4-12-34-20/h2-8,10,12-14,16,30H,9,11,15H2,1H3,(H,31,33). The number of hydrogen-bond acceptors (Lipinski definition) is 6. The van der Waals surface area contributed by atoms with E-state index >= 15 is 0 Å². The maximum absolute atomic E-state index is 13.6. The van der Waals surface area contributed by atoms with Crippen molar-refractivity contribution >= 4 is 17.2 Å². The van der Waals surface area contributed by atoms with Gasteiger partial charge >= 0.3 is 6.18 Å². The van der Waals surface area contributed by atoms with Gasteiger partial charge in [0.25, 0.3) is 5.91 Å². The van der Waals surface area contributed by atoms with Gasteiger partial charge in [-0.3, -0.25) is 9.78 Å². The number of thiazole rings is 1. The van der Waals surface area contributed by atoms with E-state index in [2.05, 4.69) is 20.6 Å². The maximum atomic E-state index is 13.6. The number of hydrogen-bond donors (Lipinski definition) is 2. The van der Waals surface area contributed by atoms with E-state index in [1.165, 1.54) is 0 Å². The number of carbonyl (C=O) groups is 1. The third kappa shape index (κ3) is 6.34. The van der Waals surface area contributed by atoms with Gasteiger partial charge in [-0.05, 0) is 47.9 Å². The molecule has 1 aromatic carbocycles. The summed E-state index contributed by atoms with van der Waals surface area (Å²) < 4.78 is 46.1. The molecular weight excluding hydrogens is 477 g/mol. The fourth-order valence-corrected chi connectivity index (χ4v) is 4.49. The molecule has 0 aliphatic heterocycles. The van der Waals surface area contributed by atoms with Crippen LogP contribution in [0.3, 0.4) is 0 Å². The lowest BCUT2D eigenvalue weighted by atomic mass is 10.0. The van der Waals surface area contributed by atoms with Crippen LogP contribution in [0.4, 0.5) is 13.2 Å². The average molecular weight is 501 g/mol. The Hall–Kier alpha value is -3.50. The van der Waals surface area contributed by atoms with Crippen molar-refractivity contribution in [1.29, 1.82) is 0 Å². The van der Waals surface area contributed by atoms with Gasteiger partial charge in [-0.25, -0.2) is 4.98 Å². The van der Waals surface area contributed by atoms with E-state index in [1.54, 1.807) is 37.7 Å². The number of furan rings is 1. The lowest BCUT2D eigenvalue weighted by Crippen LogP contribution is -2.28. The highest BCUT2D eigenvalue weighted by Gasteiger charge is 2.39. The van der Waals surface area contributed by atoms with Crippen LogP contribution in [0, 0.1) is 0 Å². The molecule has 1 amide bonds. The Morgan fingerprint density at radius 3 is 2.69 bits per heavy atom. The molecule has 0 saturated carbocycles. The number of nitrogens with one attached hydrogen (secondary N) is 2. The molecule has 2 N–H and O–H groups in total. The van der Waals surface area contributed by atoms with Crippen molar-refractivity contribution in [2.24, 2.45) is 0 Å². The van der Waals surface area contributed by atoms with E-state index in [1.807, 2.05) is 36.4 Å². The molecule has 3 heterocycles. The molecule has 35 heavy (non-hydrogen) atoms. The van der Waals surface area contributed by atoms with Gasteiger partial charge in [0.15, 0.2) is 5.69 Å². The fraction of sp³-hybridized carbons (Fsp3) is 0.240. The molecule has 182 valence electrons. The molecular formula is C25H23F3N4O2S. The predicted molar refractivity (Wildman–Crippen MR) is 127 cm³/mol. The van der Waals surface area contributed by atoms with E-state index < -0.39 is 28.7 Å². The summed E-state index contributed by atoms with van der Waals surface area (Å²) in [5.74, 6) is -0.0781. The first-order chi connectivity index (χ1) is 16.8. The van der Waals surface area contributed by atoms with E-state index in [9.17, 15) is 18.0 Å². The van der Waals surface area contributed by atoms with Crippen LogP contribution in [-0.2, 0) is 19.1 Å². The summed E-state index contributed by atoms with van der Waals surface area (Å²) in [5, 5.41) is 6.02. The van der Waals surface area contributed by atoms with Crippen LogP contribution in [-0.4, -0.2) is 22.4 Å². The zero-order valence-corrected chi connectivity index (χ0v) is 19.6. The highest BCUT2D eigenvalue weighted by atomic mass is 32.1. The minimum absolute atomic E-state index is 0.237. The van der Waals surface area contributed by atoms with Crippen LogP contribution in [0.1, 0.15) is 44.7 Å². The van der Waals surface area contributed by atoms with E-state index in [-0.39, 0.29) is 11.4 Å². The first-order valence-corrected chi connectivity index (χ1v) is 11.7. The average Bonchev–Trinajstić information content (AvgIpc) is 3.52. The first kappa shape index (κ1) is 24.6. The topological polar surface area (TPSA) is 80.0 Å². The van der Waals surface area contributed by atoms with Crippen LogP contribution in [0.5, 0.6) is 0 Å². The minimum Gasteiger partial charge on any atom is -0.468 e. The van der Waals surface area contributed by atoms with Crippen molar-refractivity contribution in [3.63, 3.8) is 0 Å². The van der Waals surface area contributed by atoms with Gasteiger partial charge in [-0.15, -0.1) is 11.3 Å². The van der Waals surface area contributed by atoms with Crippen molar-refractivity contribution in [2.45, 2.75) is 32.1 Å². The second kappa shape index (κ2) is 10.8. The molecule has 1 atom stereocenters. The largest absolute Gasteiger partial charge is 0.468 e. The molecule has 0 spiro atoms. The highest BCUT2D eigenvalue weighted by Crippen LogP contribution is 2.35. The SMILES string of the molecule is CC(NC(=O)c1sc(CCNCc2ccco2)nc1C(F)(F)F)c1cccc(-c2cccnc2)c1. The van der Waals surface area contributed by atoms with Gasteiger partial charge in [0.1, 0.15) is 10.6 Å². The second-order valence-electron chi connectivity index (χ2n) is 7.85. The monoisotopic (exact) mass is 500 g/mol. The smallest absolute Gasteiger partial charge is 0.435 e. The predicted octanol–water partition coefficient (Wildman–Crippen LogP) is 5.64. The number of pyridine rings is 1. The molecule has 6 nitrogen and oxygen atoms in total. The molecule has 1 unspecified atom stereocenters. The van der Waals surface area contributed by atoms with Crippen LogP contribution >= 0.6 is 11.3 Å². The van der Waals surface area contributed by atoms with Gasteiger partial charge in [0.05, 0.1) is 23.9 Å². The van der Waals surface area contributed by atoms with E-state index in [0.717, 1.165) is 33.8 Å². The lowest BCUT2D eigenvalue weighted by molar-refractivity contribution is -0.141.